The number of nitrogens with zero attached hydrogens (tertiary/aromatic N) is 2. The minimum Gasteiger partial charge on any atom is -0.487 e. The monoisotopic (exact) mass is 778 g/mol. The van der Waals surface area contributed by atoms with Crippen LogP contribution in [0.4, 0.5) is 74.6 Å². The fourth-order valence-electron chi connectivity index (χ4n) is 3.75. The van der Waals surface area contributed by atoms with Crippen molar-refractivity contribution in [3.05, 3.63) is 36.7 Å². The van der Waals surface area contributed by atoms with Gasteiger partial charge in [0, 0.05) is 5.56 Å². The van der Waals surface area contributed by atoms with Gasteiger partial charge in [-0.3, -0.25) is 0 Å². The van der Waals surface area contributed by atoms with Crippen LogP contribution in [0.3, 0.4) is 0 Å². The Kier molecular flexibility index (Phi) is 14.2. The molecule has 0 saturated carbocycles. The van der Waals surface area contributed by atoms with Gasteiger partial charge >= 0.3 is 48.8 Å². The molecule has 0 aliphatic carbocycles. The normalized spacial score (nSPS) is 15.1. The van der Waals surface area contributed by atoms with Gasteiger partial charge in [-0.2, -0.15) is 70.2 Å². The lowest BCUT2D eigenvalue weighted by Gasteiger charge is -2.36. The SMILES string of the molecule is CCCCCCCC[C@@H](F)COc1cnc(-c2ccc(OC(F)C(F)(F)OC(F)(F)C(F)(F)OC(F)(F)C(F)(F)C(F)(F)C(F)(F)F)cc2)nc1. The lowest BCUT2D eigenvalue weighted by atomic mass is 10.1. The van der Waals surface area contributed by atoms with Crippen LogP contribution in [0, 0.1) is 0 Å². The molecule has 0 bridgehead atoms. The highest BCUT2D eigenvalue weighted by atomic mass is 19.4. The zero-order valence-electron chi connectivity index (χ0n) is 25.7. The standard InChI is InChI=1S/C28H27F17N2O4/c1-2-3-4-5-6-7-8-17(29)15-48-19-13-46-20(47-14-19)16-9-11-18(12-10-16)49-21(30)22(31,32)50-27(42,43)28(44,45)51-26(40,41)24(35,36)23(33,34)25(37,38)39/h9-14,17,21H,2-8,15H2,1H3/t17-,21?/m1/s1. The maximum Gasteiger partial charge on any atom is 0.460 e. The third-order valence-corrected chi connectivity index (χ3v) is 6.52. The molecule has 0 fully saturated rings. The van der Waals surface area contributed by atoms with Crippen molar-refractivity contribution in [3.8, 4) is 22.9 Å². The first-order valence-corrected chi connectivity index (χ1v) is 14.4. The minimum absolute atomic E-state index is 0.0657. The molecule has 0 aliphatic rings. The summed E-state index contributed by atoms with van der Waals surface area (Å²) in [6.07, 6.45) is -34.0. The molecule has 6 nitrogen and oxygen atoms in total. The smallest absolute Gasteiger partial charge is 0.460 e. The molecule has 2 aromatic rings. The molecule has 0 N–H and O–H groups in total. The van der Waals surface area contributed by atoms with Gasteiger partial charge in [0.25, 0.3) is 0 Å². The van der Waals surface area contributed by atoms with E-state index in [9.17, 15) is 74.6 Å². The van der Waals surface area contributed by atoms with Gasteiger partial charge < -0.3 is 9.47 Å². The molecule has 0 spiro atoms. The molecule has 1 aromatic carbocycles. The first-order chi connectivity index (χ1) is 23.2. The third-order valence-electron chi connectivity index (χ3n) is 6.52. The summed E-state index contributed by atoms with van der Waals surface area (Å²) in [5.41, 5.74) is 0.0657. The number of hydrogen-bond acceptors (Lipinski definition) is 6. The Hall–Kier alpha value is -3.37. The third kappa shape index (κ3) is 11.1. The fraction of sp³-hybridized carbons (Fsp3) is 0.643. The predicted molar refractivity (Wildman–Crippen MR) is 139 cm³/mol. The van der Waals surface area contributed by atoms with Crippen LogP contribution in [0.25, 0.3) is 11.4 Å². The lowest BCUT2D eigenvalue weighted by Crippen LogP contribution is -2.64. The van der Waals surface area contributed by atoms with E-state index in [1.807, 2.05) is 0 Å². The van der Waals surface area contributed by atoms with Crippen LogP contribution in [0.2, 0.25) is 0 Å². The van der Waals surface area contributed by atoms with Crippen LogP contribution in [0.1, 0.15) is 51.9 Å². The summed E-state index contributed by atoms with van der Waals surface area (Å²) in [5.74, 6) is -16.9. The van der Waals surface area contributed by atoms with E-state index in [1.165, 1.54) is 4.74 Å². The minimum atomic E-state index is -8.02. The topological polar surface area (TPSA) is 62.7 Å². The Bertz CT molecular complexity index is 1360. The van der Waals surface area contributed by atoms with Crippen molar-refractivity contribution < 1.29 is 93.6 Å². The molecule has 1 heterocycles. The maximum atomic E-state index is 14.1. The van der Waals surface area contributed by atoms with Gasteiger partial charge in [0.2, 0.25) is 0 Å². The molecule has 0 amide bonds. The average Bonchev–Trinajstić information content (AvgIpc) is 3.00. The zero-order valence-corrected chi connectivity index (χ0v) is 25.7. The highest BCUT2D eigenvalue weighted by molar-refractivity contribution is 5.56. The van der Waals surface area contributed by atoms with Crippen molar-refractivity contribution in [2.75, 3.05) is 6.61 Å². The van der Waals surface area contributed by atoms with Crippen LogP contribution in [-0.4, -0.2) is 71.6 Å². The predicted octanol–water partition coefficient (Wildman–Crippen LogP) is 10.5. The molecule has 0 saturated heterocycles. The second-order valence-electron chi connectivity index (χ2n) is 10.6. The van der Waals surface area contributed by atoms with Crippen molar-refractivity contribution in [2.45, 2.75) is 107 Å². The van der Waals surface area contributed by atoms with Gasteiger partial charge in [-0.05, 0) is 30.7 Å². The molecule has 0 radical (unpaired) electrons. The van der Waals surface area contributed by atoms with Gasteiger partial charge in [-0.25, -0.2) is 23.8 Å². The molecular weight excluding hydrogens is 751 g/mol. The van der Waals surface area contributed by atoms with E-state index in [2.05, 4.69) is 26.4 Å². The van der Waals surface area contributed by atoms with E-state index in [4.69, 9.17) is 4.74 Å². The highest BCUT2D eigenvalue weighted by Gasteiger charge is 2.85. The van der Waals surface area contributed by atoms with Crippen molar-refractivity contribution in [1.29, 1.82) is 0 Å². The number of benzene rings is 1. The molecule has 1 aromatic heterocycles. The number of unbranched alkanes of at least 4 members (excludes halogenated alkanes) is 5. The van der Waals surface area contributed by atoms with E-state index < -0.39 is 60.7 Å². The van der Waals surface area contributed by atoms with Crippen molar-refractivity contribution in [3.63, 3.8) is 0 Å². The van der Waals surface area contributed by atoms with Gasteiger partial charge in [0.15, 0.2) is 11.6 Å². The molecule has 1 unspecified atom stereocenters. The summed E-state index contributed by atoms with van der Waals surface area (Å²) >= 11 is 0. The van der Waals surface area contributed by atoms with Crippen LogP contribution in [0.15, 0.2) is 36.7 Å². The number of ether oxygens (including phenoxy) is 4. The van der Waals surface area contributed by atoms with Crippen molar-refractivity contribution in [2.24, 2.45) is 0 Å². The number of alkyl halides is 17. The van der Waals surface area contributed by atoms with Crippen LogP contribution >= 0.6 is 0 Å². The Balaban J connectivity index is 2.01. The Morgan fingerprint density at radius 1 is 0.608 bits per heavy atom. The van der Waals surface area contributed by atoms with Crippen LogP contribution in [-0.2, 0) is 9.47 Å². The van der Waals surface area contributed by atoms with Crippen LogP contribution in [0.5, 0.6) is 11.5 Å². The van der Waals surface area contributed by atoms with Crippen molar-refractivity contribution in [1.82, 2.24) is 9.97 Å². The summed E-state index contributed by atoms with van der Waals surface area (Å²) in [6.45, 7) is 1.78. The van der Waals surface area contributed by atoms with Gasteiger partial charge in [0.1, 0.15) is 18.5 Å². The molecule has 2 rings (SSSR count). The summed E-state index contributed by atoms with van der Waals surface area (Å²) in [5, 5.41) is 0. The zero-order chi connectivity index (χ0) is 39.1. The lowest BCUT2D eigenvalue weighted by molar-refractivity contribution is -0.547. The summed E-state index contributed by atoms with van der Waals surface area (Å²) in [4.78, 5) is 7.82. The van der Waals surface area contributed by atoms with E-state index in [0.29, 0.717) is 18.6 Å². The average molecular weight is 779 g/mol. The quantitative estimate of drug-likeness (QED) is 0.0929. The van der Waals surface area contributed by atoms with E-state index >= 15 is 0 Å². The number of halogens is 17. The Labute approximate surface area is 277 Å². The second-order valence-corrected chi connectivity index (χ2v) is 10.6. The van der Waals surface area contributed by atoms with Gasteiger partial charge in [0.05, 0.1) is 12.4 Å². The van der Waals surface area contributed by atoms with E-state index in [0.717, 1.165) is 56.6 Å². The number of aromatic nitrogens is 2. The van der Waals surface area contributed by atoms with Gasteiger partial charge in [-0.1, -0.05) is 45.4 Å². The number of rotatable bonds is 21. The number of hydrogen-bond donors (Lipinski definition) is 0. The Morgan fingerprint density at radius 2 is 1.12 bits per heavy atom. The molecule has 2 atom stereocenters. The van der Waals surface area contributed by atoms with E-state index in [-0.39, 0.29) is 30.2 Å². The fourth-order valence-corrected chi connectivity index (χ4v) is 3.75. The van der Waals surface area contributed by atoms with Crippen molar-refractivity contribution >= 4 is 0 Å². The maximum absolute atomic E-state index is 14.1. The molecule has 51 heavy (non-hydrogen) atoms. The largest absolute Gasteiger partial charge is 0.487 e. The molecule has 23 heteroatoms. The first-order valence-electron chi connectivity index (χ1n) is 14.4. The molecule has 0 aliphatic heterocycles. The molecule has 292 valence electrons. The Morgan fingerprint density at radius 3 is 1.65 bits per heavy atom. The van der Waals surface area contributed by atoms with Crippen LogP contribution < -0.4 is 9.47 Å². The summed E-state index contributed by atoms with van der Waals surface area (Å²) in [6, 6.07) is 3.26. The highest BCUT2D eigenvalue weighted by Crippen LogP contribution is 2.56. The van der Waals surface area contributed by atoms with Gasteiger partial charge in [-0.15, -0.1) is 0 Å². The van der Waals surface area contributed by atoms with E-state index in [1.54, 1.807) is 0 Å². The molecular formula is C28H27F17N2O4. The second kappa shape index (κ2) is 16.5. The first kappa shape index (κ1) is 43.8. The summed E-state index contributed by atoms with van der Waals surface area (Å²) in [7, 11) is 0. The summed E-state index contributed by atoms with van der Waals surface area (Å²) < 4.78 is 238.